The number of para-hydroxylation sites is 1. The predicted octanol–water partition coefficient (Wildman–Crippen LogP) is 3.62. The van der Waals surface area contributed by atoms with Crippen molar-refractivity contribution in [3.63, 3.8) is 0 Å². The van der Waals surface area contributed by atoms with E-state index >= 15 is 0 Å². The van der Waals surface area contributed by atoms with E-state index in [0.717, 1.165) is 18.4 Å². The van der Waals surface area contributed by atoms with Crippen molar-refractivity contribution in [1.82, 2.24) is 19.1 Å². The second kappa shape index (κ2) is 10.0. The zero-order chi connectivity index (χ0) is 23.4. The lowest BCUT2D eigenvalue weighted by Crippen LogP contribution is -2.27. The van der Waals surface area contributed by atoms with Crippen molar-refractivity contribution in [2.24, 2.45) is 0 Å². The van der Waals surface area contributed by atoms with Crippen molar-refractivity contribution >= 4 is 33.4 Å². The number of halogens is 1. The first kappa shape index (κ1) is 23.4. The van der Waals surface area contributed by atoms with E-state index in [2.05, 4.69) is 15.5 Å². The van der Waals surface area contributed by atoms with E-state index in [1.807, 2.05) is 11.5 Å². The molecule has 0 atom stereocenters. The fourth-order valence-electron chi connectivity index (χ4n) is 3.63. The van der Waals surface area contributed by atoms with Gasteiger partial charge in [0, 0.05) is 25.2 Å². The molecule has 0 aliphatic carbocycles. The van der Waals surface area contributed by atoms with E-state index in [-0.39, 0.29) is 22.2 Å². The average molecular weight is 490 g/mol. The van der Waals surface area contributed by atoms with Crippen LogP contribution in [0.5, 0.6) is 0 Å². The largest absolute Gasteiger partial charge is 0.323 e. The van der Waals surface area contributed by atoms with E-state index in [1.54, 1.807) is 36.4 Å². The van der Waals surface area contributed by atoms with Gasteiger partial charge in [0.05, 0.1) is 16.3 Å². The van der Waals surface area contributed by atoms with Crippen molar-refractivity contribution in [3.05, 3.63) is 54.3 Å². The lowest BCUT2D eigenvalue weighted by atomic mass is 10.2. The summed E-state index contributed by atoms with van der Waals surface area (Å²) in [5.41, 5.74) is 0.858. The van der Waals surface area contributed by atoms with Crippen LogP contribution in [0.2, 0.25) is 0 Å². The molecule has 1 aromatic heterocycles. The molecule has 0 bridgehead atoms. The normalized spacial score (nSPS) is 14.5. The SMILES string of the molecule is CCn1c(SCC(=O)Nc2ccccc2F)nnc1-c1ccc(S(=O)(=O)N2CCCC2)cc1. The van der Waals surface area contributed by atoms with Gasteiger partial charge in [-0.2, -0.15) is 4.31 Å². The van der Waals surface area contributed by atoms with Gasteiger partial charge >= 0.3 is 0 Å². The Bertz CT molecular complexity index is 1240. The Labute approximate surface area is 196 Å². The van der Waals surface area contributed by atoms with Crippen LogP contribution in [-0.4, -0.2) is 52.2 Å². The van der Waals surface area contributed by atoms with Crippen LogP contribution in [0.3, 0.4) is 0 Å². The van der Waals surface area contributed by atoms with E-state index < -0.39 is 15.8 Å². The molecule has 1 aliphatic heterocycles. The molecule has 4 rings (SSSR count). The van der Waals surface area contributed by atoms with Gasteiger partial charge in [-0.15, -0.1) is 10.2 Å². The summed E-state index contributed by atoms with van der Waals surface area (Å²) in [6.45, 7) is 3.61. The highest BCUT2D eigenvalue weighted by atomic mass is 32.2. The lowest BCUT2D eigenvalue weighted by molar-refractivity contribution is -0.113. The average Bonchev–Trinajstić information content (AvgIpc) is 3.50. The molecule has 2 heterocycles. The summed E-state index contributed by atoms with van der Waals surface area (Å²) in [6.07, 6.45) is 1.77. The Kier molecular flexibility index (Phi) is 7.11. The third-order valence-electron chi connectivity index (χ3n) is 5.33. The molecule has 3 aromatic rings. The van der Waals surface area contributed by atoms with Gasteiger partial charge in [0.25, 0.3) is 0 Å². The van der Waals surface area contributed by atoms with Crippen LogP contribution in [0, 0.1) is 5.82 Å². The number of anilines is 1. The van der Waals surface area contributed by atoms with Crippen molar-refractivity contribution in [2.45, 2.75) is 36.4 Å². The number of sulfonamides is 1. The maximum atomic E-state index is 13.7. The molecule has 174 valence electrons. The fourth-order valence-corrected chi connectivity index (χ4v) is 5.95. The van der Waals surface area contributed by atoms with Crippen LogP contribution in [0.4, 0.5) is 10.1 Å². The summed E-state index contributed by atoms with van der Waals surface area (Å²) in [5.74, 6) is -0.224. The molecule has 1 saturated heterocycles. The third kappa shape index (κ3) is 5.10. The van der Waals surface area contributed by atoms with Gasteiger partial charge < -0.3 is 9.88 Å². The molecule has 8 nitrogen and oxygen atoms in total. The third-order valence-corrected chi connectivity index (χ3v) is 8.21. The fraction of sp³-hybridized carbons (Fsp3) is 0.318. The number of hydrogen-bond acceptors (Lipinski definition) is 6. The number of benzene rings is 2. The molecular weight excluding hydrogens is 465 g/mol. The molecule has 33 heavy (non-hydrogen) atoms. The molecule has 0 saturated carbocycles. The quantitative estimate of drug-likeness (QED) is 0.486. The Hall–Kier alpha value is -2.76. The van der Waals surface area contributed by atoms with Gasteiger partial charge in [-0.1, -0.05) is 23.9 Å². The summed E-state index contributed by atoms with van der Waals surface area (Å²) in [7, 11) is -3.48. The molecule has 1 fully saturated rings. The molecule has 1 aliphatic rings. The van der Waals surface area contributed by atoms with Crippen molar-refractivity contribution < 1.29 is 17.6 Å². The van der Waals surface area contributed by atoms with Gasteiger partial charge in [0.15, 0.2) is 11.0 Å². The Morgan fingerprint density at radius 3 is 2.45 bits per heavy atom. The van der Waals surface area contributed by atoms with Crippen LogP contribution in [-0.2, 0) is 21.4 Å². The molecular formula is C22H24FN5O3S2. The molecule has 0 radical (unpaired) electrons. The second-order valence-electron chi connectivity index (χ2n) is 7.50. The Morgan fingerprint density at radius 1 is 1.09 bits per heavy atom. The van der Waals surface area contributed by atoms with E-state index in [9.17, 15) is 17.6 Å². The molecule has 2 aromatic carbocycles. The van der Waals surface area contributed by atoms with E-state index in [1.165, 1.54) is 28.2 Å². The van der Waals surface area contributed by atoms with Crippen molar-refractivity contribution in [2.75, 3.05) is 24.2 Å². The Balaban J connectivity index is 1.46. The minimum absolute atomic E-state index is 0.0412. The highest BCUT2D eigenvalue weighted by Gasteiger charge is 2.27. The first-order chi connectivity index (χ1) is 15.9. The number of nitrogens with zero attached hydrogens (tertiary/aromatic N) is 4. The lowest BCUT2D eigenvalue weighted by Gasteiger charge is -2.15. The molecule has 0 unspecified atom stereocenters. The zero-order valence-corrected chi connectivity index (χ0v) is 19.7. The van der Waals surface area contributed by atoms with Crippen molar-refractivity contribution in [1.29, 1.82) is 0 Å². The first-order valence-electron chi connectivity index (χ1n) is 10.6. The summed E-state index contributed by atoms with van der Waals surface area (Å²) in [5, 5.41) is 11.5. The van der Waals surface area contributed by atoms with Crippen LogP contribution in [0.1, 0.15) is 19.8 Å². The van der Waals surface area contributed by atoms with Gasteiger partial charge in [0.2, 0.25) is 15.9 Å². The number of nitrogens with one attached hydrogen (secondary N) is 1. The van der Waals surface area contributed by atoms with Gasteiger partial charge in [-0.25, -0.2) is 12.8 Å². The molecule has 0 spiro atoms. The van der Waals surface area contributed by atoms with Gasteiger partial charge in [-0.3, -0.25) is 4.79 Å². The molecule has 11 heteroatoms. The predicted molar refractivity (Wildman–Crippen MR) is 125 cm³/mol. The maximum absolute atomic E-state index is 13.7. The minimum atomic E-state index is -3.48. The second-order valence-corrected chi connectivity index (χ2v) is 10.4. The minimum Gasteiger partial charge on any atom is -0.323 e. The van der Waals surface area contributed by atoms with Crippen LogP contribution >= 0.6 is 11.8 Å². The number of amides is 1. The Morgan fingerprint density at radius 2 is 1.79 bits per heavy atom. The molecule has 1 amide bonds. The highest BCUT2D eigenvalue weighted by Crippen LogP contribution is 2.27. The molecule has 1 N–H and O–H groups in total. The first-order valence-corrected chi connectivity index (χ1v) is 13.0. The standard InChI is InChI=1S/C22H24FN5O3S2/c1-2-28-21(16-9-11-17(12-10-16)33(30,31)27-13-5-6-14-27)25-26-22(28)32-15-20(29)24-19-8-4-3-7-18(19)23/h3-4,7-12H,2,5-6,13-15H2,1H3,(H,24,29). The van der Waals surface area contributed by atoms with E-state index in [4.69, 9.17) is 0 Å². The summed E-state index contributed by atoms with van der Waals surface area (Å²) < 4.78 is 42.6. The topological polar surface area (TPSA) is 97.2 Å². The summed E-state index contributed by atoms with van der Waals surface area (Å²) >= 11 is 1.20. The number of aromatic nitrogens is 3. The van der Waals surface area contributed by atoms with Crippen LogP contribution < -0.4 is 5.32 Å². The maximum Gasteiger partial charge on any atom is 0.243 e. The number of carbonyl (C=O) groups is 1. The zero-order valence-electron chi connectivity index (χ0n) is 18.1. The number of hydrogen-bond donors (Lipinski definition) is 1. The van der Waals surface area contributed by atoms with Crippen molar-refractivity contribution in [3.8, 4) is 11.4 Å². The number of rotatable bonds is 8. The van der Waals surface area contributed by atoms with Gasteiger partial charge in [-0.05, 0) is 56.2 Å². The summed E-state index contributed by atoms with van der Waals surface area (Å²) in [6, 6.07) is 12.6. The smallest absolute Gasteiger partial charge is 0.243 e. The monoisotopic (exact) mass is 489 g/mol. The van der Waals surface area contributed by atoms with Gasteiger partial charge in [0.1, 0.15) is 5.82 Å². The summed E-state index contributed by atoms with van der Waals surface area (Å²) in [4.78, 5) is 12.5. The number of thioether (sulfide) groups is 1. The van der Waals surface area contributed by atoms with Crippen LogP contribution in [0.15, 0.2) is 58.6 Å². The van der Waals surface area contributed by atoms with Crippen LogP contribution in [0.25, 0.3) is 11.4 Å². The highest BCUT2D eigenvalue weighted by molar-refractivity contribution is 7.99. The number of carbonyl (C=O) groups excluding carboxylic acids is 1. The van der Waals surface area contributed by atoms with E-state index in [0.29, 0.717) is 30.6 Å².